The highest BCUT2D eigenvalue weighted by Gasteiger charge is 2.31. The molecule has 2 aliphatic rings. The molecule has 0 aromatic heterocycles. The van der Waals surface area contributed by atoms with Gasteiger partial charge in [-0.15, -0.1) is 0 Å². The largest absolute Gasteiger partial charge is 0.511 e. The maximum Gasteiger partial charge on any atom is 0.264 e. The van der Waals surface area contributed by atoms with Gasteiger partial charge in [0.15, 0.2) is 0 Å². The van der Waals surface area contributed by atoms with Crippen LogP contribution in [0.2, 0.25) is 0 Å². The molecule has 1 aromatic carbocycles. The van der Waals surface area contributed by atoms with Gasteiger partial charge >= 0.3 is 0 Å². The van der Waals surface area contributed by atoms with Crippen LogP contribution in [0.25, 0.3) is 0 Å². The molecule has 146 valence electrons. The van der Waals surface area contributed by atoms with Gasteiger partial charge in [-0.25, -0.2) is 0 Å². The van der Waals surface area contributed by atoms with E-state index in [1.54, 1.807) is 12.1 Å². The number of aliphatic hydroxyl groups is 1. The summed E-state index contributed by atoms with van der Waals surface area (Å²) in [5.41, 5.74) is 1.44. The minimum atomic E-state index is -0.591. The molecule has 7 nitrogen and oxygen atoms in total. The van der Waals surface area contributed by atoms with Crippen molar-refractivity contribution < 1.29 is 19.4 Å². The fraction of sp³-hybridized carbons (Fsp3) is 0.500. The molecule has 3 N–H and O–H groups in total. The smallest absolute Gasteiger partial charge is 0.264 e. The molecule has 0 spiro atoms. The fourth-order valence-electron chi connectivity index (χ4n) is 3.49. The van der Waals surface area contributed by atoms with Crippen LogP contribution in [0, 0.1) is 5.92 Å². The Hall–Kier alpha value is -2.54. The van der Waals surface area contributed by atoms with Crippen LogP contribution in [0.5, 0.6) is 0 Å². The summed E-state index contributed by atoms with van der Waals surface area (Å²) in [6.07, 6.45) is 1.04. The molecule has 7 heteroatoms. The van der Waals surface area contributed by atoms with E-state index in [0.29, 0.717) is 24.8 Å². The number of nitrogens with one attached hydrogen (secondary N) is 2. The van der Waals surface area contributed by atoms with Gasteiger partial charge in [0.1, 0.15) is 11.3 Å². The van der Waals surface area contributed by atoms with Crippen LogP contribution in [0.4, 0.5) is 11.4 Å². The normalized spacial score (nSPS) is 20.6. The topological polar surface area (TPSA) is 90.9 Å². The van der Waals surface area contributed by atoms with Crippen molar-refractivity contribution >= 4 is 23.2 Å². The molecule has 0 radical (unpaired) electrons. The molecule has 27 heavy (non-hydrogen) atoms. The Morgan fingerprint density at radius 2 is 1.96 bits per heavy atom. The highest BCUT2D eigenvalue weighted by Crippen LogP contribution is 2.23. The maximum atomic E-state index is 12.5. The lowest BCUT2D eigenvalue weighted by atomic mass is 9.95. The monoisotopic (exact) mass is 373 g/mol. The third-order valence-corrected chi connectivity index (χ3v) is 4.77. The van der Waals surface area contributed by atoms with Crippen molar-refractivity contribution in [3.05, 3.63) is 35.6 Å². The average Bonchev–Trinajstić information content (AvgIpc) is 2.62. The van der Waals surface area contributed by atoms with Gasteiger partial charge < -0.3 is 25.4 Å². The molecule has 1 atom stereocenters. The van der Waals surface area contributed by atoms with Gasteiger partial charge in [-0.1, -0.05) is 13.8 Å². The van der Waals surface area contributed by atoms with Crippen molar-refractivity contribution in [2.45, 2.75) is 32.7 Å². The number of anilines is 2. The van der Waals surface area contributed by atoms with Crippen LogP contribution in [0.1, 0.15) is 26.7 Å². The molecule has 1 fully saturated rings. The van der Waals surface area contributed by atoms with Gasteiger partial charge in [0.05, 0.1) is 13.2 Å². The lowest BCUT2D eigenvalue weighted by molar-refractivity contribution is -0.123. The van der Waals surface area contributed by atoms with Crippen LogP contribution in [-0.4, -0.2) is 49.3 Å². The number of benzene rings is 1. The predicted octanol–water partition coefficient (Wildman–Crippen LogP) is 2.21. The fourth-order valence-corrected chi connectivity index (χ4v) is 3.49. The number of carbonyl (C=O) groups is 2. The Balaban J connectivity index is 1.65. The minimum absolute atomic E-state index is 0.137. The third-order valence-electron chi connectivity index (χ3n) is 4.77. The quantitative estimate of drug-likeness (QED) is 0.689. The van der Waals surface area contributed by atoms with E-state index in [4.69, 9.17) is 4.74 Å². The second kappa shape index (κ2) is 8.43. The Labute approximate surface area is 159 Å². The molecular formula is C20H27N3O4. The summed E-state index contributed by atoms with van der Waals surface area (Å²) >= 11 is 0. The Kier molecular flexibility index (Phi) is 6.01. The number of carbonyl (C=O) groups excluding carboxylic acids is 2. The number of nitrogens with zero attached hydrogens (tertiary/aromatic N) is 1. The SMILES string of the molecule is CC(C)CC1CC(O)=C(C(=O)Nc2ccc(N3CCOCC3)cc2)C(=O)N1. The number of aliphatic hydroxyl groups excluding tert-OH is 1. The second-order valence-electron chi connectivity index (χ2n) is 7.43. The van der Waals surface area contributed by atoms with Crippen molar-refractivity contribution in [3.63, 3.8) is 0 Å². The van der Waals surface area contributed by atoms with Gasteiger partial charge in [0.25, 0.3) is 11.8 Å². The molecule has 0 bridgehead atoms. The zero-order valence-electron chi connectivity index (χ0n) is 15.8. The van der Waals surface area contributed by atoms with E-state index in [1.807, 2.05) is 12.1 Å². The lowest BCUT2D eigenvalue weighted by Crippen LogP contribution is -2.44. The maximum absolute atomic E-state index is 12.5. The summed E-state index contributed by atoms with van der Waals surface area (Å²) in [5, 5.41) is 15.7. The Morgan fingerprint density at radius 1 is 1.30 bits per heavy atom. The Morgan fingerprint density at radius 3 is 2.56 bits per heavy atom. The standard InChI is InChI=1S/C20H27N3O4/c1-13(2)11-15-12-17(24)18(20(26)22-15)19(25)21-14-3-5-16(6-4-14)23-7-9-27-10-8-23/h3-6,13,15,24H,7-12H2,1-2H3,(H,21,25)(H,22,26). The van der Waals surface area contributed by atoms with E-state index < -0.39 is 11.8 Å². The average molecular weight is 373 g/mol. The molecule has 2 amide bonds. The number of amides is 2. The van der Waals surface area contributed by atoms with Gasteiger partial charge in [-0.05, 0) is 36.6 Å². The van der Waals surface area contributed by atoms with E-state index in [1.165, 1.54) is 0 Å². The summed E-state index contributed by atoms with van der Waals surface area (Å²) in [5.74, 6) is -0.866. The molecule has 0 aliphatic carbocycles. The van der Waals surface area contributed by atoms with Gasteiger partial charge in [0.2, 0.25) is 0 Å². The summed E-state index contributed by atoms with van der Waals surface area (Å²) < 4.78 is 5.35. The second-order valence-corrected chi connectivity index (χ2v) is 7.43. The first-order chi connectivity index (χ1) is 12.9. The van der Waals surface area contributed by atoms with Crippen molar-refractivity contribution in [3.8, 4) is 0 Å². The van der Waals surface area contributed by atoms with E-state index in [0.717, 1.165) is 25.2 Å². The predicted molar refractivity (Wildman–Crippen MR) is 104 cm³/mol. The number of ether oxygens (including phenoxy) is 1. The van der Waals surface area contributed by atoms with Crippen molar-refractivity contribution in [2.75, 3.05) is 36.5 Å². The molecular weight excluding hydrogens is 346 g/mol. The third kappa shape index (κ3) is 4.80. The summed E-state index contributed by atoms with van der Waals surface area (Å²) in [6.45, 7) is 7.19. The molecule has 1 aromatic rings. The van der Waals surface area contributed by atoms with E-state index in [9.17, 15) is 14.7 Å². The van der Waals surface area contributed by atoms with Crippen molar-refractivity contribution in [1.82, 2.24) is 5.32 Å². The van der Waals surface area contributed by atoms with Gasteiger partial charge in [-0.3, -0.25) is 9.59 Å². The molecule has 1 saturated heterocycles. The van der Waals surface area contributed by atoms with Crippen LogP contribution in [0.15, 0.2) is 35.6 Å². The van der Waals surface area contributed by atoms with E-state index in [-0.39, 0.29) is 23.8 Å². The zero-order valence-corrected chi connectivity index (χ0v) is 15.8. The van der Waals surface area contributed by atoms with E-state index in [2.05, 4.69) is 29.4 Å². The van der Waals surface area contributed by atoms with E-state index >= 15 is 0 Å². The van der Waals surface area contributed by atoms with Crippen LogP contribution < -0.4 is 15.5 Å². The van der Waals surface area contributed by atoms with Gasteiger partial charge in [-0.2, -0.15) is 0 Å². The Bertz CT molecular complexity index is 721. The highest BCUT2D eigenvalue weighted by molar-refractivity contribution is 6.23. The summed E-state index contributed by atoms with van der Waals surface area (Å²) in [7, 11) is 0. The number of morpholine rings is 1. The van der Waals surface area contributed by atoms with Crippen molar-refractivity contribution in [2.24, 2.45) is 5.92 Å². The minimum Gasteiger partial charge on any atom is -0.511 e. The van der Waals surface area contributed by atoms with Crippen LogP contribution in [0.3, 0.4) is 0 Å². The first-order valence-corrected chi connectivity index (χ1v) is 9.41. The molecule has 0 saturated carbocycles. The van der Waals surface area contributed by atoms with Crippen molar-refractivity contribution in [1.29, 1.82) is 0 Å². The molecule has 2 heterocycles. The highest BCUT2D eigenvalue weighted by atomic mass is 16.5. The lowest BCUT2D eigenvalue weighted by Gasteiger charge is -2.29. The van der Waals surface area contributed by atoms with Crippen LogP contribution >= 0.6 is 0 Å². The first-order valence-electron chi connectivity index (χ1n) is 9.41. The zero-order chi connectivity index (χ0) is 19.4. The number of hydrogen-bond donors (Lipinski definition) is 3. The van der Waals surface area contributed by atoms with Gasteiger partial charge in [0, 0.05) is 36.9 Å². The number of rotatable bonds is 5. The number of hydrogen-bond acceptors (Lipinski definition) is 5. The molecule has 1 unspecified atom stereocenters. The molecule has 2 aliphatic heterocycles. The van der Waals surface area contributed by atoms with Crippen LogP contribution in [-0.2, 0) is 14.3 Å². The first kappa shape index (κ1) is 19.2. The summed E-state index contributed by atoms with van der Waals surface area (Å²) in [4.78, 5) is 27.0. The summed E-state index contributed by atoms with van der Waals surface area (Å²) in [6, 6.07) is 7.30. The molecule has 3 rings (SSSR count).